The van der Waals surface area contributed by atoms with Crippen LogP contribution in [-0.4, -0.2) is 11.9 Å². The molecule has 23 heavy (non-hydrogen) atoms. The van der Waals surface area contributed by atoms with Crippen LogP contribution < -0.4 is 10.4 Å². The molecule has 0 radical (unpaired) electrons. The van der Waals surface area contributed by atoms with Gasteiger partial charge in [-0.15, -0.1) is 0 Å². The maximum atomic E-state index is 12.2. The van der Waals surface area contributed by atoms with Gasteiger partial charge in [-0.05, 0) is 29.8 Å². The highest BCUT2D eigenvalue weighted by molar-refractivity contribution is 9.10. The van der Waals surface area contributed by atoms with Crippen LogP contribution in [-0.2, 0) is 4.79 Å². The largest absolute Gasteiger partial charge is 0.545 e. The zero-order valence-electron chi connectivity index (χ0n) is 11.7. The normalized spacial score (nSPS) is 10.7. The number of rotatable bonds is 4. The van der Waals surface area contributed by atoms with Crippen molar-refractivity contribution in [3.8, 4) is 6.07 Å². The van der Waals surface area contributed by atoms with Crippen molar-refractivity contribution in [2.75, 3.05) is 5.32 Å². The van der Waals surface area contributed by atoms with E-state index in [0.29, 0.717) is 5.56 Å². The third kappa shape index (κ3) is 4.28. The van der Waals surface area contributed by atoms with E-state index in [4.69, 9.17) is 5.26 Å². The van der Waals surface area contributed by atoms with Crippen molar-refractivity contribution >= 4 is 39.6 Å². The Balaban J connectivity index is 2.29. The fourth-order valence-electron chi connectivity index (χ4n) is 1.87. The van der Waals surface area contributed by atoms with Crippen molar-refractivity contribution in [3.05, 3.63) is 69.7 Å². The second kappa shape index (κ2) is 7.38. The van der Waals surface area contributed by atoms with Gasteiger partial charge >= 0.3 is 0 Å². The highest BCUT2D eigenvalue weighted by atomic mass is 79.9. The van der Waals surface area contributed by atoms with E-state index in [1.165, 1.54) is 24.3 Å². The zero-order valence-corrected chi connectivity index (χ0v) is 13.3. The van der Waals surface area contributed by atoms with Crippen LogP contribution in [0.5, 0.6) is 0 Å². The Morgan fingerprint density at radius 3 is 2.57 bits per heavy atom. The molecule has 5 nitrogen and oxygen atoms in total. The number of amides is 1. The monoisotopic (exact) mass is 369 g/mol. The maximum Gasteiger partial charge on any atom is 0.266 e. The molecule has 0 aromatic heterocycles. The molecule has 0 aliphatic carbocycles. The molecule has 0 spiro atoms. The van der Waals surface area contributed by atoms with E-state index in [2.05, 4.69) is 21.2 Å². The van der Waals surface area contributed by atoms with Crippen molar-refractivity contribution < 1.29 is 14.7 Å². The number of aromatic carboxylic acids is 1. The highest BCUT2D eigenvalue weighted by Crippen LogP contribution is 2.17. The molecule has 1 N–H and O–H groups in total. The first-order valence-corrected chi connectivity index (χ1v) is 7.29. The molecule has 0 aliphatic rings. The molecule has 2 rings (SSSR count). The van der Waals surface area contributed by atoms with Crippen molar-refractivity contribution in [3.63, 3.8) is 0 Å². The minimum absolute atomic E-state index is 0.0768. The van der Waals surface area contributed by atoms with E-state index in [1.54, 1.807) is 24.3 Å². The van der Waals surface area contributed by atoms with Gasteiger partial charge in [0.1, 0.15) is 11.6 Å². The molecule has 0 fully saturated rings. The SMILES string of the molecule is N#C/C(=C\c1cccc(Br)c1)C(=O)Nc1ccccc1C(=O)[O-]. The van der Waals surface area contributed by atoms with Crippen LogP contribution in [0.3, 0.4) is 0 Å². The highest BCUT2D eigenvalue weighted by Gasteiger charge is 2.12. The number of nitrogens with one attached hydrogen (secondary N) is 1. The van der Waals surface area contributed by atoms with Gasteiger partial charge < -0.3 is 15.2 Å². The van der Waals surface area contributed by atoms with Crippen LogP contribution in [0.15, 0.2) is 58.6 Å². The number of para-hydroxylation sites is 1. The van der Waals surface area contributed by atoms with Crippen LogP contribution in [0.2, 0.25) is 0 Å². The number of anilines is 1. The van der Waals surface area contributed by atoms with E-state index < -0.39 is 11.9 Å². The van der Waals surface area contributed by atoms with Gasteiger partial charge in [0.25, 0.3) is 5.91 Å². The number of carbonyl (C=O) groups is 2. The number of carboxylic acids is 1. The molecule has 0 aliphatic heterocycles. The Bertz CT molecular complexity index is 838. The van der Waals surface area contributed by atoms with Gasteiger partial charge in [-0.2, -0.15) is 5.26 Å². The topological polar surface area (TPSA) is 93.0 Å². The molecule has 0 heterocycles. The second-order valence-corrected chi connectivity index (χ2v) is 5.43. The minimum atomic E-state index is -1.41. The Labute approximate surface area is 141 Å². The molecule has 0 atom stereocenters. The second-order valence-electron chi connectivity index (χ2n) is 4.51. The summed E-state index contributed by atoms with van der Waals surface area (Å²) >= 11 is 3.31. The summed E-state index contributed by atoms with van der Waals surface area (Å²) in [6.07, 6.45) is 1.42. The van der Waals surface area contributed by atoms with Crippen LogP contribution in [0.25, 0.3) is 6.08 Å². The molecule has 0 bridgehead atoms. The summed E-state index contributed by atoms with van der Waals surface area (Å²) < 4.78 is 0.811. The lowest BCUT2D eigenvalue weighted by Gasteiger charge is -2.11. The summed E-state index contributed by atoms with van der Waals surface area (Å²) in [6.45, 7) is 0. The van der Waals surface area contributed by atoms with Crippen molar-refractivity contribution in [1.29, 1.82) is 5.26 Å². The molecular formula is C17H10BrN2O3-. The number of benzene rings is 2. The quantitative estimate of drug-likeness (QED) is 0.661. The maximum absolute atomic E-state index is 12.2. The predicted octanol–water partition coefficient (Wildman–Crippen LogP) is 2.36. The number of carboxylic acid groups (broad SMARTS) is 1. The van der Waals surface area contributed by atoms with Crippen LogP contribution >= 0.6 is 15.9 Å². The Kier molecular flexibility index (Phi) is 5.28. The zero-order chi connectivity index (χ0) is 16.8. The van der Waals surface area contributed by atoms with Crippen LogP contribution in [0.1, 0.15) is 15.9 Å². The molecule has 0 unspecified atom stereocenters. The molecule has 0 saturated carbocycles. The average Bonchev–Trinajstić information content (AvgIpc) is 2.53. The lowest BCUT2D eigenvalue weighted by Crippen LogP contribution is -2.25. The summed E-state index contributed by atoms with van der Waals surface area (Å²) in [7, 11) is 0. The standard InChI is InChI=1S/C17H11BrN2O3/c18-13-5-3-4-11(9-13)8-12(10-19)16(21)20-15-7-2-1-6-14(15)17(22)23/h1-9H,(H,20,21)(H,22,23)/p-1/b12-8+. The summed E-state index contributed by atoms with van der Waals surface area (Å²) in [4.78, 5) is 23.2. The Hall–Kier alpha value is -2.91. The molecular weight excluding hydrogens is 360 g/mol. The van der Waals surface area contributed by atoms with E-state index in [9.17, 15) is 14.7 Å². The van der Waals surface area contributed by atoms with Crippen molar-refractivity contribution in [2.45, 2.75) is 0 Å². The summed E-state index contributed by atoms with van der Waals surface area (Å²) in [6, 6.07) is 14.7. The number of halogens is 1. The van der Waals surface area contributed by atoms with E-state index in [-0.39, 0.29) is 16.8 Å². The fourth-order valence-corrected chi connectivity index (χ4v) is 2.29. The number of nitrogens with zero attached hydrogens (tertiary/aromatic N) is 1. The summed E-state index contributed by atoms with van der Waals surface area (Å²) in [5.41, 5.74) is 0.448. The molecule has 114 valence electrons. The molecule has 0 saturated heterocycles. The van der Waals surface area contributed by atoms with Gasteiger partial charge in [-0.3, -0.25) is 4.79 Å². The first-order valence-electron chi connectivity index (χ1n) is 6.50. The van der Waals surface area contributed by atoms with Crippen LogP contribution in [0, 0.1) is 11.3 Å². The Morgan fingerprint density at radius 1 is 1.17 bits per heavy atom. The first kappa shape index (κ1) is 16.5. The van der Waals surface area contributed by atoms with Crippen molar-refractivity contribution in [2.24, 2.45) is 0 Å². The minimum Gasteiger partial charge on any atom is -0.545 e. The van der Waals surface area contributed by atoms with Gasteiger partial charge in [0.15, 0.2) is 0 Å². The molecule has 2 aromatic rings. The average molecular weight is 370 g/mol. The number of hydrogen-bond acceptors (Lipinski definition) is 4. The van der Waals surface area contributed by atoms with Gasteiger partial charge in [-0.25, -0.2) is 0 Å². The molecule has 2 aromatic carbocycles. The lowest BCUT2D eigenvalue weighted by molar-refractivity contribution is -0.254. The van der Waals surface area contributed by atoms with E-state index in [1.807, 2.05) is 12.1 Å². The number of hydrogen-bond donors (Lipinski definition) is 1. The summed E-state index contributed by atoms with van der Waals surface area (Å²) in [5.74, 6) is -2.10. The third-order valence-electron chi connectivity index (χ3n) is 2.92. The third-order valence-corrected chi connectivity index (χ3v) is 3.41. The predicted molar refractivity (Wildman–Crippen MR) is 87.1 cm³/mol. The number of nitriles is 1. The van der Waals surface area contributed by atoms with Gasteiger partial charge in [-0.1, -0.05) is 46.3 Å². The fraction of sp³-hybridized carbons (Fsp3) is 0. The smallest absolute Gasteiger partial charge is 0.266 e. The van der Waals surface area contributed by atoms with E-state index in [0.717, 1.165) is 4.47 Å². The first-order chi connectivity index (χ1) is 11.0. The van der Waals surface area contributed by atoms with Gasteiger partial charge in [0, 0.05) is 10.0 Å². The number of carbonyl (C=O) groups excluding carboxylic acids is 2. The molecule has 6 heteroatoms. The lowest BCUT2D eigenvalue weighted by atomic mass is 10.1. The molecule has 1 amide bonds. The summed E-state index contributed by atoms with van der Waals surface area (Å²) in [5, 5.41) is 22.6. The van der Waals surface area contributed by atoms with Gasteiger partial charge in [0.2, 0.25) is 0 Å². The van der Waals surface area contributed by atoms with E-state index >= 15 is 0 Å². The van der Waals surface area contributed by atoms with Gasteiger partial charge in [0.05, 0.1) is 11.7 Å². The van der Waals surface area contributed by atoms with Crippen molar-refractivity contribution in [1.82, 2.24) is 0 Å². The Morgan fingerprint density at radius 2 is 1.91 bits per heavy atom. The van der Waals surface area contributed by atoms with Crippen LogP contribution in [0.4, 0.5) is 5.69 Å².